The molecule has 0 radical (unpaired) electrons. The molecule has 160 valence electrons. The quantitative estimate of drug-likeness (QED) is 0.611. The molecule has 0 saturated heterocycles. The lowest BCUT2D eigenvalue weighted by atomic mass is 10.1. The lowest BCUT2D eigenvalue weighted by Crippen LogP contribution is -2.27. The summed E-state index contributed by atoms with van der Waals surface area (Å²) in [4.78, 5) is 33.5. The lowest BCUT2D eigenvalue weighted by molar-refractivity contribution is -0.113. The third kappa shape index (κ3) is 3.48. The van der Waals surface area contributed by atoms with E-state index in [9.17, 15) is 4.79 Å². The monoisotopic (exact) mass is 419 g/mol. The fourth-order valence-electron chi connectivity index (χ4n) is 3.81. The van der Waals surface area contributed by atoms with Gasteiger partial charge in [-0.05, 0) is 32.1 Å². The Kier molecular flexibility index (Phi) is 5.10. The maximum absolute atomic E-state index is 13.6. The highest BCUT2D eigenvalue weighted by Crippen LogP contribution is 2.42. The number of rotatable bonds is 5. The fraction of sp³-hybridized carbons (Fsp3) is 0.273. The number of pyridine rings is 1. The Bertz CT molecular complexity index is 1180. The van der Waals surface area contributed by atoms with Crippen LogP contribution in [0.3, 0.4) is 0 Å². The predicted octanol–water partition coefficient (Wildman–Crippen LogP) is 2.56. The number of nitrogen functional groups attached to an aromatic ring is 1. The maximum atomic E-state index is 13.6. The highest BCUT2D eigenvalue weighted by Gasteiger charge is 2.38. The molecule has 0 unspecified atom stereocenters. The van der Waals surface area contributed by atoms with Crippen LogP contribution in [0.4, 0.5) is 17.6 Å². The van der Waals surface area contributed by atoms with Crippen LogP contribution >= 0.6 is 0 Å². The normalized spacial score (nSPS) is 14.3. The van der Waals surface area contributed by atoms with Gasteiger partial charge in [-0.3, -0.25) is 14.7 Å². The molecule has 4 heterocycles. The van der Waals surface area contributed by atoms with E-state index in [-0.39, 0.29) is 18.4 Å². The molecule has 0 aliphatic carbocycles. The molecule has 3 N–H and O–H groups in total. The van der Waals surface area contributed by atoms with Gasteiger partial charge in [0.05, 0.1) is 30.5 Å². The Morgan fingerprint density at radius 3 is 2.71 bits per heavy atom. The molecule has 0 atom stereocenters. The zero-order valence-electron chi connectivity index (χ0n) is 18.2. The van der Waals surface area contributed by atoms with Crippen LogP contribution < -0.4 is 20.3 Å². The fourth-order valence-corrected chi connectivity index (χ4v) is 3.81. The van der Waals surface area contributed by atoms with Gasteiger partial charge in [0, 0.05) is 43.3 Å². The number of ether oxygens (including phenoxy) is 1. The van der Waals surface area contributed by atoms with Crippen molar-refractivity contribution in [1.29, 1.82) is 0 Å². The molecule has 1 aliphatic heterocycles. The number of nitrogens with two attached hydrogens (primary N) is 1. The minimum Gasteiger partial charge on any atom is -0.496 e. The van der Waals surface area contributed by atoms with E-state index < -0.39 is 0 Å². The van der Waals surface area contributed by atoms with Crippen LogP contribution in [0.25, 0.3) is 11.6 Å². The highest BCUT2D eigenvalue weighted by molar-refractivity contribution is 6.36. The van der Waals surface area contributed by atoms with Gasteiger partial charge in [0.2, 0.25) is 5.95 Å². The smallest absolute Gasteiger partial charge is 0.260 e. The van der Waals surface area contributed by atoms with Crippen molar-refractivity contribution in [2.24, 2.45) is 0 Å². The highest BCUT2D eigenvalue weighted by atomic mass is 16.5. The number of anilines is 3. The summed E-state index contributed by atoms with van der Waals surface area (Å²) in [6, 6.07) is 3.77. The average Bonchev–Trinajstić information content (AvgIpc) is 3.32. The number of hydrogen-bond acceptors (Lipinski definition) is 7. The average molecular weight is 419 g/mol. The van der Waals surface area contributed by atoms with E-state index in [1.165, 1.54) is 0 Å². The van der Waals surface area contributed by atoms with Crippen LogP contribution in [0.15, 0.2) is 24.5 Å². The van der Waals surface area contributed by atoms with Gasteiger partial charge in [-0.15, -0.1) is 0 Å². The largest absolute Gasteiger partial charge is 0.496 e. The maximum Gasteiger partial charge on any atom is 0.260 e. The summed E-state index contributed by atoms with van der Waals surface area (Å²) in [5.74, 6) is 1.73. The first kappa shape index (κ1) is 20.4. The lowest BCUT2D eigenvalue weighted by Gasteiger charge is -2.20. The number of fused-ring (bicyclic) bond motifs is 1. The zero-order chi connectivity index (χ0) is 22.3. The van der Waals surface area contributed by atoms with E-state index in [0.29, 0.717) is 22.8 Å². The Morgan fingerprint density at radius 1 is 1.29 bits per heavy atom. The van der Waals surface area contributed by atoms with E-state index in [1.807, 2.05) is 57.2 Å². The number of nitrogens with one attached hydrogen (secondary N) is 1. The number of H-pyrrole nitrogens is 1. The van der Waals surface area contributed by atoms with Gasteiger partial charge < -0.3 is 20.4 Å². The third-order valence-corrected chi connectivity index (χ3v) is 5.29. The Labute approximate surface area is 180 Å². The molecule has 1 aliphatic rings. The van der Waals surface area contributed by atoms with E-state index in [4.69, 9.17) is 10.5 Å². The van der Waals surface area contributed by atoms with Crippen molar-refractivity contribution in [2.45, 2.75) is 20.4 Å². The molecule has 3 aromatic rings. The number of methoxy groups -OCH3 is 1. The van der Waals surface area contributed by atoms with Crippen molar-refractivity contribution in [2.75, 3.05) is 36.7 Å². The van der Waals surface area contributed by atoms with Crippen LogP contribution in [0.2, 0.25) is 0 Å². The summed E-state index contributed by atoms with van der Waals surface area (Å²) >= 11 is 0. The molecule has 0 fully saturated rings. The molecule has 31 heavy (non-hydrogen) atoms. The Morgan fingerprint density at radius 2 is 2.06 bits per heavy atom. The Balaban J connectivity index is 1.88. The van der Waals surface area contributed by atoms with Crippen molar-refractivity contribution in [3.05, 3.63) is 52.6 Å². The SMILES string of the molecule is COc1c(C)cnc(CN2C(=O)/C(=C\c3ccc[nH]3)c3c(N(C)C)nc(N)nc32)c1C. The summed E-state index contributed by atoms with van der Waals surface area (Å²) in [6.45, 7) is 4.11. The molecule has 0 aromatic carbocycles. The first-order valence-electron chi connectivity index (χ1n) is 9.83. The standard InChI is InChI=1S/C22H25N7O2/c1-12-10-25-16(13(2)18(12)31-5)11-29-20-17(19(28(3)4)26-22(23)27-20)15(21(29)30)9-14-7-6-8-24-14/h6-10,24H,11H2,1-5H3,(H2,23,26,27)/b15-9-. The topological polar surface area (TPSA) is 113 Å². The second kappa shape index (κ2) is 7.75. The van der Waals surface area contributed by atoms with Gasteiger partial charge in [-0.25, -0.2) is 0 Å². The first-order chi connectivity index (χ1) is 14.8. The van der Waals surface area contributed by atoms with Crippen LogP contribution in [0.1, 0.15) is 28.1 Å². The minimum atomic E-state index is -0.187. The molecule has 0 bridgehead atoms. The van der Waals surface area contributed by atoms with Crippen molar-refractivity contribution in [3.8, 4) is 5.75 Å². The number of amides is 1. The van der Waals surface area contributed by atoms with Crippen LogP contribution in [-0.4, -0.2) is 47.0 Å². The summed E-state index contributed by atoms with van der Waals surface area (Å²) in [5, 5.41) is 0. The number of carbonyl (C=O) groups excluding carboxylic acids is 1. The van der Waals surface area contributed by atoms with E-state index in [1.54, 1.807) is 18.2 Å². The number of nitrogens with zero attached hydrogens (tertiary/aromatic N) is 5. The van der Waals surface area contributed by atoms with Gasteiger partial charge in [-0.2, -0.15) is 9.97 Å². The van der Waals surface area contributed by atoms with E-state index in [2.05, 4.69) is 19.9 Å². The van der Waals surface area contributed by atoms with Crippen LogP contribution in [-0.2, 0) is 11.3 Å². The van der Waals surface area contributed by atoms with Crippen LogP contribution in [0.5, 0.6) is 5.75 Å². The molecule has 9 heteroatoms. The number of aromatic nitrogens is 4. The van der Waals surface area contributed by atoms with Crippen molar-refractivity contribution in [1.82, 2.24) is 19.9 Å². The number of aryl methyl sites for hydroxylation is 1. The van der Waals surface area contributed by atoms with E-state index in [0.717, 1.165) is 28.3 Å². The minimum absolute atomic E-state index is 0.104. The molecule has 3 aromatic heterocycles. The third-order valence-electron chi connectivity index (χ3n) is 5.29. The van der Waals surface area contributed by atoms with Crippen molar-refractivity contribution in [3.63, 3.8) is 0 Å². The second-order valence-corrected chi connectivity index (χ2v) is 7.62. The number of carbonyl (C=O) groups is 1. The van der Waals surface area contributed by atoms with Gasteiger partial charge in [0.15, 0.2) is 5.82 Å². The van der Waals surface area contributed by atoms with Gasteiger partial charge in [-0.1, -0.05) is 0 Å². The van der Waals surface area contributed by atoms with Crippen LogP contribution in [0, 0.1) is 13.8 Å². The molecule has 9 nitrogen and oxygen atoms in total. The molecule has 0 spiro atoms. The van der Waals surface area contributed by atoms with Crippen molar-refractivity contribution >= 4 is 35.1 Å². The molecule has 1 amide bonds. The molecule has 0 saturated carbocycles. The molecular formula is C22H25N7O2. The van der Waals surface area contributed by atoms with Gasteiger partial charge in [0.1, 0.15) is 11.6 Å². The predicted molar refractivity (Wildman–Crippen MR) is 121 cm³/mol. The summed E-state index contributed by atoms with van der Waals surface area (Å²) in [6.07, 6.45) is 5.37. The van der Waals surface area contributed by atoms with Crippen molar-refractivity contribution < 1.29 is 9.53 Å². The van der Waals surface area contributed by atoms with E-state index >= 15 is 0 Å². The summed E-state index contributed by atoms with van der Waals surface area (Å²) in [7, 11) is 5.35. The molecular weight excluding hydrogens is 394 g/mol. The molecule has 4 rings (SSSR count). The Hall–Kier alpha value is -3.88. The van der Waals surface area contributed by atoms with Gasteiger partial charge in [0.25, 0.3) is 5.91 Å². The number of aromatic amines is 1. The van der Waals surface area contributed by atoms with Gasteiger partial charge >= 0.3 is 0 Å². The second-order valence-electron chi connectivity index (χ2n) is 7.62. The summed E-state index contributed by atoms with van der Waals surface area (Å²) in [5.41, 5.74) is 10.5. The number of hydrogen-bond donors (Lipinski definition) is 2. The zero-order valence-corrected chi connectivity index (χ0v) is 18.2. The first-order valence-corrected chi connectivity index (χ1v) is 9.83. The summed E-state index contributed by atoms with van der Waals surface area (Å²) < 4.78 is 5.53.